The Kier molecular flexibility index (Phi) is 3.21. The van der Waals surface area contributed by atoms with Crippen molar-refractivity contribution < 1.29 is 4.39 Å². The van der Waals surface area contributed by atoms with Crippen molar-refractivity contribution in [3.8, 4) is 0 Å². The average Bonchev–Trinajstić information content (AvgIpc) is 2.67. The van der Waals surface area contributed by atoms with Crippen molar-refractivity contribution in [2.45, 2.75) is 16.6 Å². The smallest absolute Gasteiger partial charge is 0.195 e. The first kappa shape index (κ1) is 11.1. The van der Waals surface area contributed by atoms with E-state index < -0.39 is 0 Å². The molecule has 1 heterocycles. The zero-order chi connectivity index (χ0) is 11.5. The van der Waals surface area contributed by atoms with Gasteiger partial charge in [-0.2, -0.15) is 0 Å². The van der Waals surface area contributed by atoms with Gasteiger partial charge in [0.25, 0.3) is 0 Å². The fourth-order valence-electron chi connectivity index (χ4n) is 1.27. The van der Waals surface area contributed by atoms with E-state index in [4.69, 9.17) is 5.73 Å². The maximum Gasteiger partial charge on any atom is 0.195 e. The second-order valence-electron chi connectivity index (χ2n) is 3.28. The maximum absolute atomic E-state index is 13.0. The van der Waals surface area contributed by atoms with Crippen molar-refractivity contribution >= 4 is 11.8 Å². The van der Waals surface area contributed by atoms with E-state index in [1.165, 1.54) is 23.9 Å². The van der Waals surface area contributed by atoms with Crippen molar-refractivity contribution in [1.29, 1.82) is 0 Å². The molecule has 0 radical (unpaired) electrons. The minimum Gasteiger partial charge on any atom is -0.326 e. The highest BCUT2D eigenvalue weighted by Gasteiger charge is 2.08. The fourth-order valence-corrected chi connectivity index (χ4v) is 2.16. The number of aromatic nitrogens is 3. The van der Waals surface area contributed by atoms with Crippen molar-refractivity contribution in [1.82, 2.24) is 14.8 Å². The molecule has 1 aromatic carbocycles. The summed E-state index contributed by atoms with van der Waals surface area (Å²) in [4.78, 5) is 0.903. The molecule has 0 saturated heterocycles. The van der Waals surface area contributed by atoms with Crippen LogP contribution in [0.5, 0.6) is 0 Å². The normalized spacial score (nSPS) is 10.7. The molecule has 84 valence electrons. The standard InChI is InChI=1S/C10H11FN4S/c1-15-6-13-14-10(15)16-9-3-2-8(11)4-7(9)5-12/h2-4,6H,5,12H2,1H3. The molecule has 2 N–H and O–H groups in total. The quantitative estimate of drug-likeness (QED) is 0.881. The molecule has 0 amide bonds. The van der Waals surface area contributed by atoms with Gasteiger partial charge in [-0.05, 0) is 35.5 Å². The van der Waals surface area contributed by atoms with Gasteiger partial charge in [-0.1, -0.05) is 0 Å². The molecule has 0 aliphatic carbocycles. The molecule has 2 rings (SSSR count). The Labute approximate surface area is 96.7 Å². The summed E-state index contributed by atoms with van der Waals surface area (Å²) in [5.41, 5.74) is 6.33. The van der Waals surface area contributed by atoms with Gasteiger partial charge in [0.2, 0.25) is 0 Å². The largest absolute Gasteiger partial charge is 0.326 e. The zero-order valence-corrected chi connectivity index (χ0v) is 9.54. The Morgan fingerprint density at radius 1 is 1.50 bits per heavy atom. The second kappa shape index (κ2) is 4.63. The Morgan fingerprint density at radius 2 is 2.31 bits per heavy atom. The average molecular weight is 238 g/mol. The molecule has 0 bridgehead atoms. The van der Waals surface area contributed by atoms with Gasteiger partial charge in [0.1, 0.15) is 12.1 Å². The summed E-state index contributed by atoms with van der Waals surface area (Å²) in [6.07, 6.45) is 1.62. The minimum atomic E-state index is -0.275. The van der Waals surface area contributed by atoms with E-state index in [1.54, 1.807) is 17.0 Å². The van der Waals surface area contributed by atoms with Gasteiger partial charge in [0, 0.05) is 18.5 Å². The van der Waals surface area contributed by atoms with Gasteiger partial charge in [-0.25, -0.2) is 4.39 Å². The molecule has 0 saturated carbocycles. The summed E-state index contributed by atoms with van der Waals surface area (Å²) in [5, 5.41) is 8.48. The van der Waals surface area contributed by atoms with Gasteiger partial charge < -0.3 is 10.3 Å². The molecule has 4 nitrogen and oxygen atoms in total. The zero-order valence-electron chi connectivity index (χ0n) is 8.72. The second-order valence-corrected chi connectivity index (χ2v) is 4.29. The van der Waals surface area contributed by atoms with Crippen molar-refractivity contribution in [3.63, 3.8) is 0 Å². The third kappa shape index (κ3) is 2.23. The van der Waals surface area contributed by atoms with Crippen LogP contribution in [0.25, 0.3) is 0 Å². The van der Waals surface area contributed by atoms with Crippen LogP contribution in [-0.4, -0.2) is 14.8 Å². The first-order chi connectivity index (χ1) is 7.70. The lowest BCUT2D eigenvalue weighted by atomic mass is 10.2. The summed E-state index contributed by atoms with van der Waals surface area (Å²) >= 11 is 1.42. The molecule has 0 unspecified atom stereocenters. The van der Waals surface area contributed by atoms with Crippen molar-refractivity contribution in [3.05, 3.63) is 35.9 Å². The van der Waals surface area contributed by atoms with E-state index in [9.17, 15) is 4.39 Å². The van der Waals surface area contributed by atoms with Crippen LogP contribution in [0.4, 0.5) is 4.39 Å². The fraction of sp³-hybridized carbons (Fsp3) is 0.200. The monoisotopic (exact) mass is 238 g/mol. The number of benzene rings is 1. The van der Waals surface area contributed by atoms with Gasteiger partial charge in [0.05, 0.1) is 0 Å². The SMILES string of the molecule is Cn1cnnc1Sc1ccc(F)cc1CN. The molecule has 0 fully saturated rings. The minimum absolute atomic E-state index is 0.275. The van der Waals surface area contributed by atoms with Crippen LogP contribution < -0.4 is 5.73 Å². The summed E-state index contributed by atoms with van der Waals surface area (Å²) in [6.45, 7) is 0.304. The molecule has 0 atom stereocenters. The van der Waals surface area contributed by atoms with Crippen LogP contribution >= 0.6 is 11.8 Å². The van der Waals surface area contributed by atoms with Crippen LogP contribution in [0, 0.1) is 5.82 Å². The highest BCUT2D eigenvalue weighted by molar-refractivity contribution is 7.99. The van der Waals surface area contributed by atoms with Crippen molar-refractivity contribution in [2.75, 3.05) is 0 Å². The van der Waals surface area contributed by atoms with E-state index in [1.807, 2.05) is 7.05 Å². The molecule has 1 aromatic heterocycles. The summed E-state index contributed by atoms with van der Waals surface area (Å²) < 4.78 is 14.8. The van der Waals surface area contributed by atoms with Crippen LogP contribution in [0.1, 0.15) is 5.56 Å². The van der Waals surface area contributed by atoms with E-state index in [2.05, 4.69) is 10.2 Å². The van der Waals surface area contributed by atoms with Crippen LogP contribution in [0.3, 0.4) is 0 Å². The first-order valence-electron chi connectivity index (χ1n) is 4.71. The molecule has 2 aromatic rings. The van der Waals surface area contributed by atoms with Gasteiger partial charge in [0.15, 0.2) is 5.16 Å². The lowest BCUT2D eigenvalue weighted by molar-refractivity contribution is 0.623. The van der Waals surface area contributed by atoms with Crippen LogP contribution in [0.2, 0.25) is 0 Å². The molecular formula is C10H11FN4S. The topological polar surface area (TPSA) is 56.7 Å². The van der Waals surface area contributed by atoms with Gasteiger partial charge >= 0.3 is 0 Å². The lowest BCUT2D eigenvalue weighted by Gasteiger charge is -2.06. The van der Waals surface area contributed by atoms with Gasteiger partial charge in [-0.15, -0.1) is 10.2 Å². The van der Waals surface area contributed by atoms with E-state index in [0.29, 0.717) is 6.54 Å². The Bertz CT molecular complexity index is 497. The van der Waals surface area contributed by atoms with E-state index >= 15 is 0 Å². The van der Waals surface area contributed by atoms with Crippen LogP contribution in [-0.2, 0) is 13.6 Å². The summed E-state index contributed by atoms with van der Waals surface area (Å²) in [5.74, 6) is -0.275. The summed E-state index contributed by atoms with van der Waals surface area (Å²) in [6, 6.07) is 4.56. The maximum atomic E-state index is 13.0. The summed E-state index contributed by atoms with van der Waals surface area (Å²) in [7, 11) is 1.86. The number of rotatable bonds is 3. The van der Waals surface area contributed by atoms with Crippen molar-refractivity contribution in [2.24, 2.45) is 12.8 Å². The molecule has 0 spiro atoms. The van der Waals surface area contributed by atoms with Gasteiger partial charge in [-0.3, -0.25) is 0 Å². The number of halogens is 1. The number of hydrogen-bond acceptors (Lipinski definition) is 4. The molecule has 16 heavy (non-hydrogen) atoms. The first-order valence-corrected chi connectivity index (χ1v) is 5.52. The molecular weight excluding hydrogens is 227 g/mol. The molecule has 0 aliphatic heterocycles. The highest BCUT2D eigenvalue weighted by atomic mass is 32.2. The Balaban J connectivity index is 2.31. The van der Waals surface area contributed by atoms with E-state index in [0.717, 1.165) is 15.6 Å². The third-order valence-corrected chi connectivity index (χ3v) is 3.28. The number of nitrogens with two attached hydrogens (primary N) is 1. The molecule has 6 heteroatoms. The third-order valence-electron chi connectivity index (χ3n) is 2.11. The molecule has 0 aliphatic rings. The Morgan fingerprint density at radius 3 is 2.94 bits per heavy atom. The lowest BCUT2D eigenvalue weighted by Crippen LogP contribution is -1.99. The number of nitrogens with zero attached hydrogens (tertiary/aromatic N) is 3. The highest BCUT2D eigenvalue weighted by Crippen LogP contribution is 2.28. The predicted molar refractivity (Wildman–Crippen MR) is 59.4 cm³/mol. The van der Waals surface area contributed by atoms with Crippen LogP contribution in [0.15, 0.2) is 34.6 Å². The Hall–Kier alpha value is -1.40. The predicted octanol–water partition coefficient (Wildman–Crippen LogP) is 1.56. The number of aryl methyl sites for hydroxylation is 1. The van der Waals surface area contributed by atoms with E-state index in [-0.39, 0.29) is 5.82 Å². The number of hydrogen-bond donors (Lipinski definition) is 1.